The molecule has 1 aliphatic heterocycles. The van der Waals surface area contributed by atoms with Crippen LogP contribution in [0.25, 0.3) is 0 Å². The number of esters is 1. The summed E-state index contributed by atoms with van der Waals surface area (Å²) >= 11 is 0. The van der Waals surface area contributed by atoms with E-state index < -0.39 is 5.92 Å². The maximum Gasteiger partial charge on any atom is 0.319 e. The second-order valence-corrected chi connectivity index (χ2v) is 3.56. The van der Waals surface area contributed by atoms with E-state index in [0.717, 1.165) is 24.4 Å². The second-order valence-electron chi connectivity index (χ2n) is 3.56. The molecule has 86 valence electrons. The quantitative estimate of drug-likeness (QED) is 0.722. The maximum atomic E-state index is 11.8. The largest absolute Gasteiger partial charge is 0.465 e. The number of nitrogens with one attached hydrogen (secondary N) is 2. The van der Waals surface area contributed by atoms with E-state index in [1.165, 1.54) is 0 Å². The smallest absolute Gasteiger partial charge is 0.319 e. The fourth-order valence-electron chi connectivity index (χ4n) is 1.76. The maximum absolute atomic E-state index is 11.8. The first-order chi connectivity index (χ1) is 7.83. The summed E-state index contributed by atoms with van der Waals surface area (Å²) < 4.78 is 5.03. The first-order valence-corrected chi connectivity index (χ1v) is 5.41. The molecule has 0 aliphatic carbocycles. The van der Waals surface area contributed by atoms with Crippen molar-refractivity contribution in [2.75, 3.05) is 13.2 Å². The average Bonchev–Trinajstić information content (AvgIpc) is 2.66. The highest BCUT2D eigenvalue weighted by molar-refractivity contribution is 5.80. The third-order valence-corrected chi connectivity index (χ3v) is 2.51. The Labute approximate surface area is 93.9 Å². The van der Waals surface area contributed by atoms with Crippen LogP contribution in [0.3, 0.4) is 0 Å². The molecule has 0 saturated carbocycles. The van der Waals surface area contributed by atoms with Gasteiger partial charge in [-0.05, 0) is 19.2 Å². The highest BCUT2D eigenvalue weighted by Crippen LogP contribution is 2.21. The van der Waals surface area contributed by atoms with Crippen molar-refractivity contribution in [3.63, 3.8) is 0 Å². The molecule has 0 fully saturated rings. The molecule has 2 N–H and O–H groups in total. The van der Waals surface area contributed by atoms with Crippen LogP contribution in [0.1, 0.15) is 24.2 Å². The molecular weight excluding hydrogens is 206 g/mol. The Hall–Kier alpha value is -1.78. The summed E-state index contributed by atoms with van der Waals surface area (Å²) in [6.07, 6.45) is 6.03. The minimum absolute atomic E-state index is 0.254. The van der Waals surface area contributed by atoms with E-state index in [2.05, 4.69) is 15.3 Å². The highest BCUT2D eigenvalue weighted by Gasteiger charge is 2.24. The van der Waals surface area contributed by atoms with Crippen molar-refractivity contribution in [3.05, 3.63) is 30.0 Å². The van der Waals surface area contributed by atoms with Crippen molar-refractivity contribution in [1.82, 2.24) is 15.3 Å². The first-order valence-electron chi connectivity index (χ1n) is 5.41. The summed E-state index contributed by atoms with van der Waals surface area (Å²) in [6.45, 7) is 3.02. The van der Waals surface area contributed by atoms with E-state index in [1.54, 1.807) is 25.5 Å². The average molecular weight is 221 g/mol. The van der Waals surface area contributed by atoms with Gasteiger partial charge in [0.2, 0.25) is 0 Å². The van der Waals surface area contributed by atoms with Crippen LogP contribution in [0, 0.1) is 0 Å². The van der Waals surface area contributed by atoms with Gasteiger partial charge < -0.3 is 15.0 Å². The summed E-state index contributed by atoms with van der Waals surface area (Å²) in [4.78, 5) is 19.0. The summed E-state index contributed by atoms with van der Waals surface area (Å²) in [7, 11) is 0. The van der Waals surface area contributed by atoms with E-state index in [-0.39, 0.29) is 5.97 Å². The molecule has 0 aromatic carbocycles. The van der Waals surface area contributed by atoms with Crippen LogP contribution < -0.4 is 5.32 Å². The number of nitrogens with zero attached hydrogens (tertiary/aromatic N) is 1. The minimum atomic E-state index is -0.408. The van der Waals surface area contributed by atoms with Gasteiger partial charge in [-0.2, -0.15) is 0 Å². The Bertz CT molecular complexity index is 398. The Morgan fingerprint density at radius 1 is 1.69 bits per heavy atom. The van der Waals surface area contributed by atoms with Gasteiger partial charge in [-0.1, -0.05) is 0 Å². The van der Waals surface area contributed by atoms with Crippen molar-refractivity contribution in [2.24, 2.45) is 0 Å². The number of carbonyl (C=O) groups is 1. The van der Waals surface area contributed by atoms with E-state index in [4.69, 9.17) is 4.74 Å². The number of rotatable bonds is 2. The fraction of sp³-hybridized carbons (Fsp3) is 0.455. The molecule has 1 aromatic rings. The van der Waals surface area contributed by atoms with Crippen molar-refractivity contribution in [1.29, 1.82) is 0 Å². The molecule has 5 heteroatoms. The third kappa shape index (κ3) is 2.08. The summed E-state index contributed by atoms with van der Waals surface area (Å²) in [5.74, 6) is -0.662. The minimum Gasteiger partial charge on any atom is -0.465 e. The standard InChI is InChI=1S/C11H15N3O2/c1-2-16-11(15)8-3-5-12-6-4-9-10(8)14-7-13-9/h3,5,7-8,12H,2,4,6H2,1H3,(H,13,14). The van der Waals surface area contributed by atoms with E-state index in [1.807, 2.05) is 0 Å². The number of hydrogen-bond acceptors (Lipinski definition) is 4. The Morgan fingerprint density at radius 3 is 3.38 bits per heavy atom. The number of imidazole rings is 1. The van der Waals surface area contributed by atoms with Gasteiger partial charge in [0.1, 0.15) is 5.92 Å². The van der Waals surface area contributed by atoms with Crippen LogP contribution >= 0.6 is 0 Å². The zero-order chi connectivity index (χ0) is 11.4. The Kier molecular flexibility index (Phi) is 3.24. The summed E-state index contributed by atoms with van der Waals surface area (Å²) in [6, 6.07) is 0. The second kappa shape index (κ2) is 4.83. The van der Waals surface area contributed by atoms with Crippen molar-refractivity contribution in [2.45, 2.75) is 19.3 Å². The van der Waals surface area contributed by atoms with Crippen LogP contribution in [0.5, 0.6) is 0 Å². The number of aromatic nitrogens is 2. The molecule has 1 aliphatic rings. The van der Waals surface area contributed by atoms with Crippen molar-refractivity contribution < 1.29 is 9.53 Å². The Balaban J connectivity index is 2.28. The number of ether oxygens (including phenoxy) is 1. The van der Waals surface area contributed by atoms with Crippen molar-refractivity contribution >= 4 is 5.97 Å². The zero-order valence-electron chi connectivity index (χ0n) is 9.19. The van der Waals surface area contributed by atoms with Crippen LogP contribution in [0.4, 0.5) is 0 Å². The predicted octanol–water partition coefficient (Wildman–Crippen LogP) is 0.716. The molecule has 0 saturated heterocycles. The first kappa shape index (κ1) is 10.7. The zero-order valence-corrected chi connectivity index (χ0v) is 9.19. The van der Waals surface area contributed by atoms with Gasteiger partial charge >= 0.3 is 5.97 Å². The molecule has 1 atom stereocenters. The van der Waals surface area contributed by atoms with Gasteiger partial charge in [0, 0.05) is 18.7 Å². The molecule has 0 amide bonds. The lowest BCUT2D eigenvalue weighted by atomic mass is 10.0. The number of fused-ring (bicyclic) bond motifs is 1. The lowest BCUT2D eigenvalue weighted by molar-refractivity contribution is -0.143. The lowest BCUT2D eigenvalue weighted by Gasteiger charge is -2.14. The van der Waals surface area contributed by atoms with E-state index in [0.29, 0.717) is 6.61 Å². The summed E-state index contributed by atoms with van der Waals surface area (Å²) in [5, 5.41) is 3.11. The topological polar surface area (TPSA) is 67.0 Å². The molecule has 0 radical (unpaired) electrons. The molecule has 5 nitrogen and oxygen atoms in total. The molecule has 2 rings (SSSR count). The molecular formula is C11H15N3O2. The molecule has 0 spiro atoms. The monoisotopic (exact) mass is 221 g/mol. The number of hydrogen-bond donors (Lipinski definition) is 2. The van der Waals surface area contributed by atoms with Gasteiger partial charge in [0.25, 0.3) is 0 Å². The van der Waals surface area contributed by atoms with Crippen molar-refractivity contribution in [3.8, 4) is 0 Å². The van der Waals surface area contributed by atoms with Gasteiger partial charge in [0.05, 0.1) is 18.6 Å². The van der Waals surface area contributed by atoms with E-state index in [9.17, 15) is 4.79 Å². The predicted molar refractivity (Wildman–Crippen MR) is 58.8 cm³/mol. The molecule has 0 bridgehead atoms. The molecule has 1 unspecified atom stereocenters. The van der Waals surface area contributed by atoms with Gasteiger partial charge in [-0.25, -0.2) is 4.98 Å². The molecule has 16 heavy (non-hydrogen) atoms. The fourth-order valence-corrected chi connectivity index (χ4v) is 1.76. The molecule has 1 aromatic heterocycles. The summed E-state index contributed by atoms with van der Waals surface area (Å²) in [5.41, 5.74) is 1.77. The lowest BCUT2D eigenvalue weighted by Crippen LogP contribution is -2.21. The van der Waals surface area contributed by atoms with E-state index >= 15 is 0 Å². The van der Waals surface area contributed by atoms with Crippen LogP contribution in [-0.2, 0) is 16.0 Å². The van der Waals surface area contributed by atoms with Gasteiger partial charge in [-0.15, -0.1) is 0 Å². The van der Waals surface area contributed by atoms with Crippen LogP contribution in [0.2, 0.25) is 0 Å². The third-order valence-electron chi connectivity index (χ3n) is 2.51. The Morgan fingerprint density at radius 2 is 2.56 bits per heavy atom. The number of aromatic amines is 1. The number of carbonyl (C=O) groups excluding carboxylic acids is 1. The molecule has 2 heterocycles. The SMILES string of the molecule is CCOC(=O)C1C=CNCCc2[nH]cnc21. The van der Waals surface area contributed by atoms with Crippen LogP contribution in [-0.4, -0.2) is 29.1 Å². The normalized spacial score (nSPS) is 19.2. The highest BCUT2D eigenvalue weighted by atomic mass is 16.5. The van der Waals surface area contributed by atoms with Gasteiger partial charge in [0.15, 0.2) is 0 Å². The van der Waals surface area contributed by atoms with Gasteiger partial charge in [-0.3, -0.25) is 4.79 Å². The van der Waals surface area contributed by atoms with Crippen LogP contribution in [0.15, 0.2) is 18.6 Å². The number of H-pyrrole nitrogens is 1.